The zero-order valence-electron chi connectivity index (χ0n) is 14.3. The normalized spacial score (nSPS) is 11.4. The molecular formula is C19H16ClF3N2OS. The van der Waals surface area contributed by atoms with Gasteiger partial charge in [0.1, 0.15) is 5.75 Å². The maximum atomic E-state index is 12.9. The van der Waals surface area contributed by atoms with Crippen LogP contribution in [0.15, 0.2) is 48.7 Å². The van der Waals surface area contributed by atoms with Crippen LogP contribution in [0.1, 0.15) is 21.6 Å². The molecule has 0 aliphatic heterocycles. The van der Waals surface area contributed by atoms with Gasteiger partial charge in [-0.15, -0.1) is 11.3 Å². The van der Waals surface area contributed by atoms with Crippen molar-refractivity contribution in [1.29, 1.82) is 0 Å². The summed E-state index contributed by atoms with van der Waals surface area (Å²) in [5.74, 6) is 0.775. The lowest BCUT2D eigenvalue weighted by atomic mass is 10.1. The fraction of sp³-hybridized carbons (Fsp3) is 0.211. The summed E-state index contributed by atoms with van der Waals surface area (Å²) in [6.07, 6.45) is -2.46. The van der Waals surface area contributed by atoms with E-state index >= 15 is 0 Å². The minimum atomic E-state index is -4.39. The fourth-order valence-electron chi connectivity index (χ4n) is 2.57. The number of nitrogens with zero attached hydrogens (tertiary/aromatic N) is 1. The Bertz CT molecular complexity index is 927. The number of ether oxygens (including phenoxy) is 1. The third-order valence-electron chi connectivity index (χ3n) is 3.91. The second-order valence-corrected chi connectivity index (χ2v) is 7.30. The number of benzene rings is 2. The molecule has 0 atom stereocenters. The molecule has 0 radical (unpaired) electrons. The zero-order valence-corrected chi connectivity index (χ0v) is 15.9. The Morgan fingerprint density at radius 3 is 2.67 bits per heavy atom. The number of methoxy groups -OCH3 is 1. The highest BCUT2D eigenvalue weighted by atomic mass is 35.5. The van der Waals surface area contributed by atoms with E-state index in [0.717, 1.165) is 28.3 Å². The molecule has 0 amide bonds. The van der Waals surface area contributed by atoms with E-state index in [4.69, 9.17) is 16.3 Å². The Labute approximate surface area is 163 Å². The van der Waals surface area contributed by atoms with E-state index in [0.29, 0.717) is 22.3 Å². The number of aromatic nitrogens is 1. The molecule has 0 spiro atoms. The first-order chi connectivity index (χ1) is 12.9. The maximum absolute atomic E-state index is 12.9. The largest absolute Gasteiger partial charge is 0.496 e. The van der Waals surface area contributed by atoms with Crippen molar-refractivity contribution in [3.8, 4) is 5.75 Å². The minimum absolute atomic E-state index is 0.288. The van der Waals surface area contributed by atoms with E-state index in [1.54, 1.807) is 13.3 Å². The summed E-state index contributed by atoms with van der Waals surface area (Å²) in [5, 5.41) is 4.19. The Morgan fingerprint density at radius 2 is 1.93 bits per heavy atom. The highest BCUT2D eigenvalue weighted by Crippen LogP contribution is 2.33. The highest BCUT2D eigenvalue weighted by Gasteiger charge is 2.30. The average Bonchev–Trinajstić information content (AvgIpc) is 3.08. The number of alkyl halides is 3. The Balaban J connectivity index is 1.70. The molecule has 3 aromatic rings. The van der Waals surface area contributed by atoms with Crippen molar-refractivity contribution in [2.45, 2.75) is 19.1 Å². The summed E-state index contributed by atoms with van der Waals surface area (Å²) in [6.45, 7) is 0.529. The van der Waals surface area contributed by atoms with Crippen molar-refractivity contribution in [1.82, 2.24) is 4.98 Å². The smallest absolute Gasteiger partial charge is 0.416 e. The number of rotatable bonds is 6. The van der Waals surface area contributed by atoms with E-state index in [1.165, 1.54) is 17.4 Å². The van der Waals surface area contributed by atoms with Crippen molar-refractivity contribution in [2.24, 2.45) is 0 Å². The van der Waals surface area contributed by atoms with Crippen molar-refractivity contribution in [2.75, 3.05) is 12.4 Å². The number of hydrogen-bond acceptors (Lipinski definition) is 4. The molecule has 0 saturated carbocycles. The number of hydrogen-bond donors (Lipinski definition) is 1. The van der Waals surface area contributed by atoms with Crippen LogP contribution in [-0.2, 0) is 19.1 Å². The second-order valence-electron chi connectivity index (χ2n) is 5.78. The molecule has 1 aromatic heterocycles. The van der Waals surface area contributed by atoms with Gasteiger partial charge in [-0.05, 0) is 29.8 Å². The molecule has 2 aromatic carbocycles. The monoisotopic (exact) mass is 412 g/mol. The lowest BCUT2D eigenvalue weighted by Gasteiger charge is -2.10. The minimum Gasteiger partial charge on any atom is -0.496 e. The van der Waals surface area contributed by atoms with E-state index in [9.17, 15) is 13.2 Å². The molecule has 0 saturated heterocycles. The van der Waals surface area contributed by atoms with Crippen molar-refractivity contribution < 1.29 is 17.9 Å². The Morgan fingerprint density at radius 1 is 1.15 bits per heavy atom. The van der Waals surface area contributed by atoms with E-state index in [2.05, 4.69) is 10.3 Å². The van der Waals surface area contributed by atoms with E-state index in [1.807, 2.05) is 24.3 Å². The first-order valence-electron chi connectivity index (χ1n) is 8.03. The summed E-state index contributed by atoms with van der Waals surface area (Å²) in [5.41, 5.74) is 0.699. The molecule has 0 aliphatic carbocycles. The summed E-state index contributed by atoms with van der Waals surface area (Å²) in [7, 11) is 1.61. The van der Waals surface area contributed by atoms with Gasteiger partial charge in [0.05, 0.1) is 12.7 Å². The Kier molecular flexibility index (Phi) is 5.92. The number of para-hydroxylation sites is 1. The van der Waals surface area contributed by atoms with Crippen LogP contribution in [0.5, 0.6) is 5.75 Å². The van der Waals surface area contributed by atoms with Crippen molar-refractivity contribution in [3.63, 3.8) is 0 Å². The predicted molar refractivity (Wildman–Crippen MR) is 102 cm³/mol. The van der Waals surface area contributed by atoms with Crippen LogP contribution in [0, 0.1) is 0 Å². The van der Waals surface area contributed by atoms with E-state index < -0.39 is 11.7 Å². The molecule has 0 unspecified atom stereocenters. The molecule has 142 valence electrons. The van der Waals surface area contributed by atoms with Gasteiger partial charge in [-0.3, -0.25) is 0 Å². The molecule has 8 heteroatoms. The molecule has 1 heterocycles. The molecule has 3 rings (SSSR count). The first-order valence-corrected chi connectivity index (χ1v) is 9.22. The van der Waals surface area contributed by atoms with Gasteiger partial charge in [-0.2, -0.15) is 13.2 Å². The summed E-state index contributed by atoms with van der Waals surface area (Å²) in [4.78, 5) is 5.10. The Hall–Kier alpha value is -2.25. The molecule has 0 bridgehead atoms. The van der Waals surface area contributed by atoms with Gasteiger partial charge in [0.15, 0.2) is 5.13 Å². The topological polar surface area (TPSA) is 34.1 Å². The van der Waals surface area contributed by atoms with Crippen LogP contribution in [0.3, 0.4) is 0 Å². The van der Waals surface area contributed by atoms with Crippen molar-refractivity contribution >= 4 is 28.1 Å². The van der Waals surface area contributed by atoms with Crippen LogP contribution in [0.25, 0.3) is 0 Å². The SMILES string of the molecule is COc1ccccc1CNc1ncc(Cc2cc(C(F)(F)F)ccc2Cl)s1. The van der Waals surface area contributed by atoms with Gasteiger partial charge in [0.2, 0.25) is 0 Å². The second kappa shape index (κ2) is 8.19. The number of halogens is 4. The van der Waals surface area contributed by atoms with Gasteiger partial charge < -0.3 is 10.1 Å². The van der Waals surface area contributed by atoms with Crippen LogP contribution in [0.2, 0.25) is 5.02 Å². The predicted octanol–water partition coefficient (Wildman–Crippen LogP) is 6.03. The van der Waals surface area contributed by atoms with Crippen LogP contribution in [0.4, 0.5) is 18.3 Å². The summed E-state index contributed by atoms with van der Waals surface area (Å²) in [6, 6.07) is 11.0. The quantitative estimate of drug-likeness (QED) is 0.537. The third-order valence-corrected chi connectivity index (χ3v) is 5.24. The van der Waals surface area contributed by atoms with E-state index in [-0.39, 0.29) is 6.42 Å². The molecule has 0 fully saturated rings. The van der Waals surface area contributed by atoms with Crippen molar-refractivity contribution in [3.05, 3.63) is 75.3 Å². The third kappa shape index (κ3) is 4.93. The standard InChI is InChI=1S/C19H16ClF3N2OS/c1-26-17-5-3-2-4-12(17)10-24-18-25-11-15(27-18)9-13-8-14(19(21,22)23)6-7-16(13)20/h2-8,11H,9-10H2,1H3,(H,24,25). The zero-order chi connectivity index (χ0) is 19.4. The number of nitrogens with one attached hydrogen (secondary N) is 1. The molecule has 0 aliphatic rings. The van der Waals surface area contributed by atoms with Gasteiger partial charge >= 0.3 is 6.18 Å². The highest BCUT2D eigenvalue weighted by molar-refractivity contribution is 7.15. The van der Waals surface area contributed by atoms with Crippen LogP contribution < -0.4 is 10.1 Å². The van der Waals surface area contributed by atoms with Gasteiger partial charge in [-0.25, -0.2) is 4.98 Å². The molecule has 3 nitrogen and oxygen atoms in total. The molecular weight excluding hydrogens is 397 g/mol. The lowest BCUT2D eigenvalue weighted by molar-refractivity contribution is -0.137. The fourth-order valence-corrected chi connectivity index (χ4v) is 3.58. The average molecular weight is 413 g/mol. The number of anilines is 1. The number of thiazole rings is 1. The van der Waals surface area contributed by atoms with Crippen LogP contribution in [-0.4, -0.2) is 12.1 Å². The van der Waals surface area contributed by atoms with Gasteiger partial charge in [0, 0.05) is 34.6 Å². The maximum Gasteiger partial charge on any atom is 0.416 e. The molecule has 1 N–H and O–H groups in total. The summed E-state index contributed by atoms with van der Waals surface area (Å²) >= 11 is 7.44. The lowest BCUT2D eigenvalue weighted by Crippen LogP contribution is -2.05. The molecule has 27 heavy (non-hydrogen) atoms. The first kappa shape index (κ1) is 19.5. The van der Waals surface area contributed by atoms with Gasteiger partial charge in [-0.1, -0.05) is 29.8 Å². The van der Waals surface area contributed by atoms with Gasteiger partial charge in [0.25, 0.3) is 0 Å². The summed E-state index contributed by atoms with van der Waals surface area (Å²) < 4.78 is 44.0. The van der Waals surface area contributed by atoms with Crippen LogP contribution >= 0.6 is 22.9 Å².